The molecule has 3 N–H and O–H groups in total. The molecule has 0 atom stereocenters. The molecule has 1 aromatic carbocycles. The maximum Gasteiger partial charge on any atom is 0.325 e. The Hall–Kier alpha value is -2.90. The van der Waals surface area contributed by atoms with Gasteiger partial charge in [0.15, 0.2) is 6.61 Å². The maximum absolute atomic E-state index is 11.7. The number of carbonyl (C=O) groups excluding carboxylic acids is 4. The summed E-state index contributed by atoms with van der Waals surface area (Å²) >= 11 is 0. The summed E-state index contributed by atoms with van der Waals surface area (Å²) in [6.45, 7) is 2.53. The van der Waals surface area contributed by atoms with Crippen molar-refractivity contribution in [2.45, 2.75) is 26.3 Å². The Balaban J connectivity index is 2.20. The largest absolute Gasteiger partial charge is 0.454 e. The number of hydrogen-bond donors (Lipinski definition) is 3. The number of benzene rings is 1. The molecule has 0 saturated carbocycles. The first-order valence-corrected chi connectivity index (χ1v) is 7.43. The summed E-state index contributed by atoms with van der Waals surface area (Å²) in [5.41, 5.74) is 0.818. The van der Waals surface area contributed by atoms with Crippen molar-refractivity contribution in [3.8, 4) is 0 Å². The Morgan fingerprint density at radius 3 is 2.33 bits per heavy atom. The van der Waals surface area contributed by atoms with E-state index in [1.54, 1.807) is 26.0 Å². The molecule has 0 bridgehead atoms. The van der Waals surface area contributed by atoms with Gasteiger partial charge in [-0.15, -0.1) is 0 Å². The minimum atomic E-state index is -0.768. The monoisotopic (exact) mass is 335 g/mol. The van der Waals surface area contributed by atoms with Crippen molar-refractivity contribution >= 4 is 23.8 Å². The summed E-state index contributed by atoms with van der Waals surface area (Å²) < 4.78 is 4.66. The van der Waals surface area contributed by atoms with E-state index in [1.165, 1.54) is 0 Å². The second-order valence-electron chi connectivity index (χ2n) is 5.28. The van der Waals surface area contributed by atoms with Crippen LogP contribution in [-0.4, -0.2) is 43.0 Å². The minimum Gasteiger partial charge on any atom is -0.454 e. The number of carbonyl (C=O) groups is 4. The average Bonchev–Trinajstić information content (AvgIpc) is 2.51. The van der Waals surface area contributed by atoms with E-state index in [-0.39, 0.29) is 24.9 Å². The Bertz CT molecular complexity index is 587. The van der Waals surface area contributed by atoms with Crippen LogP contribution in [0.5, 0.6) is 0 Å². The van der Waals surface area contributed by atoms with E-state index in [0.717, 1.165) is 5.56 Å². The lowest BCUT2D eigenvalue weighted by Gasteiger charge is -2.09. The molecule has 4 amide bonds. The van der Waals surface area contributed by atoms with E-state index in [4.69, 9.17) is 0 Å². The van der Waals surface area contributed by atoms with Crippen LogP contribution in [0, 0.1) is 0 Å². The zero-order chi connectivity index (χ0) is 17.9. The highest BCUT2D eigenvalue weighted by Crippen LogP contribution is 1.98. The molecule has 0 aromatic heterocycles. The van der Waals surface area contributed by atoms with E-state index in [0.29, 0.717) is 0 Å². The van der Waals surface area contributed by atoms with E-state index >= 15 is 0 Å². The molecule has 0 spiro atoms. The van der Waals surface area contributed by atoms with E-state index in [2.05, 4.69) is 15.4 Å². The predicted molar refractivity (Wildman–Crippen MR) is 85.9 cm³/mol. The van der Waals surface area contributed by atoms with Crippen LogP contribution in [0.3, 0.4) is 0 Å². The van der Waals surface area contributed by atoms with Crippen molar-refractivity contribution in [1.29, 1.82) is 0 Å². The summed E-state index contributed by atoms with van der Waals surface area (Å²) in [5, 5.41) is 6.86. The van der Waals surface area contributed by atoms with Crippen molar-refractivity contribution in [1.82, 2.24) is 16.0 Å². The molecule has 130 valence electrons. The van der Waals surface area contributed by atoms with Gasteiger partial charge in [0.2, 0.25) is 5.91 Å². The molecule has 0 fully saturated rings. The number of urea groups is 1. The molecule has 0 aliphatic carbocycles. The second-order valence-corrected chi connectivity index (χ2v) is 5.28. The van der Waals surface area contributed by atoms with Gasteiger partial charge in [0.25, 0.3) is 5.91 Å². The van der Waals surface area contributed by atoms with Gasteiger partial charge in [-0.05, 0) is 19.4 Å². The van der Waals surface area contributed by atoms with Crippen LogP contribution < -0.4 is 16.0 Å². The third kappa shape index (κ3) is 8.52. The standard InChI is InChI=1S/C16H21N3O5/c1-11(2)18-16(23)19-14(21)10-24-15(22)9-17-13(20)8-12-6-4-3-5-7-12/h3-7,11H,8-10H2,1-2H3,(H,17,20)(H2,18,19,21,23). The van der Waals surface area contributed by atoms with Crippen LogP contribution in [0.25, 0.3) is 0 Å². The van der Waals surface area contributed by atoms with Crippen LogP contribution in [0.2, 0.25) is 0 Å². The van der Waals surface area contributed by atoms with E-state index in [1.807, 2.05) is 23.5 Å². The van der Waals surface area contributed by atoms with Crippen LogP contribution >= 0.6 is 0 Å². The lowest BCUT2D eigenvalue weighted by atomic mass is 10.1. The summed E-state index contributed by atoms with van der Waals surface area (Å²) in [6, 6.07) is 8.26. The van der Waals surface area contributed by atoms with Gasteiger partial charge in [-0.1, -0.05) is 30.3 Å². The van der Waals surface area contributed by atoms with Crippen LogP contribution in [0.15, 0.2) is 30.3 Å². The van der Waals surface area contributed by atoms with Gasteiger partial charge in [0.1, 0.15) is 6.54 Å². The summed E-state index contributed by atoms with van der Waals surface area (Å²) in [4.78, 5) is 45.7. The lowest BCUT2D eigenvalue weighted by Crippen LogP contribution is -2.44. The van der Waals surface area contributed by atoms with Crippen LogP contribution in [0.4, 0.5) is 4.79 Å². The summed E-state index contributed by atoms with van der Waals surface area (Å²) in [7, 11) is 0. The Morgan fingerprint density at radius 1 is 1.04 bits per heavy atom. The lowest BCUT2D eigenvalue weighted by molar-refractivity contribution is -0.148. The Morgan fingerprint density at radius 2 is 1.71 bits per heavy atom. The predicted octanol–water partition coefficient (Wildman–Crippen LogP) is 0.123. The maximum atomic E-state index is 11.7. The third-order valence-corrected chi connectivity index (χ3v) is 2.67. The fourth-order valence-corrected chi connectivity index (χ4v) is 1.67. The highest BCUT2D eigenvalue weighted by Gasteiger charge is 2.12. The van der Waals surface area contributed by atoms with Gasteiger partial charge in [0, 0.05) is 6.04 Å². The number of rotatable bonds is 7. The zero-order valence-corrected chi connectivity index (χ0v) is 13.6. The fraction of sp³-hybridized carbons (Fsp3) is 0.375. The van der Waals surface area contributed by atoms with Gasteiger partial charge in [0.05, 0.1) is 6.42 Å². The zero-order valence-electron chi connectivity index (χ0n) is 13.6. The number of hydrogen-bond acceptors (Lipinski definition) is 5. The van der Waals surface area contributed by atoms with Crippen LogP contribution in [0.1, 0.15) is 19.4 Å². The minimum absolute atomic E-state index is 0.125. The van der Waals surface area contributed by atoms with Gasteiger partial charge in [-0.25, -0.2) is 4.79 Å². The number of nitrogens with one attached hydrogen (secondary N) is 3. The third-order valence-electron chi connectivity index (χ3n) is 2.67. The number of ether oxygens (including phenoxy) is 1. The summed E-state index contributed by atoms with van der Waals surface area (Å²) in [6.07, 6.45) is 0.143. The average molecular weight is 335 g/mol. The first-order valence-electron chi connectivity index (χ1n) is 7.43. The van der Waals surface area contributed by atoms with Gasteiger partial charge in [-0.3, -0.25) is 19.7 Å². The molecule has 0 aliphatic rings. The second kappa shape index (κ2) is 9.98. The smallest absolute Gasteiger partial charge is 0.325 e. The highest BCUT2D eigenvalue weighted by molar-refractivity contribution is 5.95. The molecule has 0 radical (unpaired) electrons. The quantitative estimate of drug-likeness (QED) is 0.613. The van der Waals surface area contributed by atoms with Gasteiger partial charge < -0.3 is 15.4 Å². The first-order chi connectivity index (χ1) is 11.4. The Kier molecular flexibility index (Phi) is 7.97. The number of imide groups is 1. The highest BCUT2D eigenvalue weighted by atomic mass is 16.5. The van der Waals surface area contributed by atoms with Crippen LogP contribution in [-0.2, 0) is 25.5 Å². The molecular weight excluding hydrogens is 314 g/mol. The summed E-state index contributed by atoms with van der Waals surface area (Å²) in [5.74, 6) is -1.85. The van der Waals surface area contributed by atoms with E-state index < -0.39 is 24.5 Å². The van der Waals surface area contributed by atoms with E-state index in [9.17, 15) is 19.2 Å². The van der Waals surface area contributed by atoms with Gasteiger partial charge in [-0.2, -0.15) is 0 Å². The first kappa shape index (κ1) is 19.1. The normalized spacial score (nSPS) is 9.96. The molecule has 1 aromatic rings. The van der Waals surface area contributed by atoms with Crippen molar-refractivity contribution in [2.75, 3.05) is 13.2 Å². The molecular formula is C16H21N3O5. The topological polar surface area (TPSA) is 114 Å². The Labute approximate surface area is 139 Å². The molecule has 0 heterocycles. The van der Waals surface area contributed by atoms with Crippen molar-refractivity contribution in [2.24, 2.45) is 0 Å². The van der Waals surface area contributed by atoms with Crippen molar-refractivity contribution < 1.29 is 23.9 Å². The van der Waals surface area contributed by atoms with Crippen molar-refractivity contribution in [3.63, 3.8) is 0 Å². The number of amides is 4. The molecule has 0 aliphatic heterocycles. The molecule has 24 heavy (non-hydrogen) atoms. The molecule has 1 rings (SSSR count). The molecule has 0 saturated heterocycles. The molecule has 8 heteroatoms. The van der Waals surface area contributed by atoms with Gasteiger partial charge >= 0.3 is 12.0 Å². The molecule has 8 nitrogen and oxygen atoms in total. The SMILES string of the molecule is CC(C)NC(=O)NC(=O)COC(=O)CNC(=O)Cc1ccccc1. The molecule has 0 unspecified atom stereocenters. The van der Waals surface area contributed by atoms with Crippen molar-refractivity contribution in [3.05, 3.63) is 35.9 Å². The number of esters is 1. The fourth-order valence-electron chi connectivity index (χ4n) is 1.67.